The normalized spacial score (nSPS) is 29.3. The maximum absolute atomic E-state index is 12.8. The monoisotopic (exact) mass is 579 g/mol. The molecule has 0 saturated heterocycles. The van der Waals surface area contributed by atoms with Crippen LogP contribution in [0.25, 0.3) is 0 Å². The number of hydrogen-bond donors (Lipinski definition) is 2. The largest absolute Gasteiger partial charge is 0.481 e. The fourth-order valence-electron chi connectivity index (χ4n) is 5.39. The second kappa shape index (κ2) is 8.28. The van der Waals surface area contributed by atoms with E-state index in [4.69, 9.17) is 20.5 Å². The minimum Gasteiger partial charge on any atom is -0.481 e. The van der Waals surface area contributed by atoms with Crippen LogP contribution in [0, 0.1) is 5.92 Å². The summed E-state index contributed by atoms with van der Waals surface area (Å²) in [5, 5.41) is 23.1. The quantitative estimate of drug-likeness (QED) is 0.437. The van der Waals surface area contributed by atoms with Crippen molar-refractivity contribution in [2.75, 3.05) is 6.26 Å². The summed E-state index contributed by atoms with van der Waals surface area (Å²) < 4.78 is 37.3. The van der Waals surface area contributed by atoms with Crippen LogP contribution < -0.4 is 4.74 Å². The molecule has 2 N–H and O–H groups in total. The van der Waals surface area contributed by atoms with Crippen molar-refractivity contribution in [2.45, 2.75) is 23.2 Å². The average Bonchev–Trinajstić information content (AvgIpc) is 3.16. The molecule has 0 unspecified atom stereocenters. The molecule has 2 aliphatic rings. The van der Waals surface area contributed by atoms with E-state index in [1.165, 1.54) is 12.3 Å². The number of carboxylic acid groups (broad SMARTS) is 1. The SMILES string of the molecule is CS(=O)(=O)O[C@@H]1[C@H](C(=O)O)[C@@H](c2ccccc2)[C@]2(c3ccc(Br)cc3)Oc3cc(Cl)cnc3[C@]12O. The second-order valence-corrected chi connectivity index (χ2v) is 11.5. The molecule has 1 aromatic heterocycles. The topological polar surface area (TPSA) is 123 Å². The molecule has 8 nitrogen and oxygen atoms in total. The number of carbonyl (C=O) groups is 1. The van der Waals surface area contributed by atoms with Crippen molar-refractivity contribution in [3.63, 3.8) is 0 Å². The number of halogens is 2. The molecular formula is C24H19BrClNO7S. The number of nitrogens with zero attached hydrogens (tertiary/aromatic N) is 1. The zero-order valence-electron chi connectivity index (χ0n) is 18.1. The molecule has 3 aromatic rings. The summed E-state index contributed by atoms with van der Waals surface area (Å²) >= 11 is 9.55. The Bertz CT molecular complexity index is 1420. The Morgan fingerprint density at radius 1 is 1.17 bits per heavy atom. The van der Waals surface area contributed by atoms with Gasteiger partial charge in [-0.15, -0.1) is 0 Å². The Morgan fingerprint density at radius 2 is 1.83 bits per heavy atom. The number of ether oxygens (including phenoxy) is 1. The predicted molar refractivity (Wildman–Crippen MR) is 130 cm³/mol. The van der Waals surface area contributed by atoms with Gasteiger partial charge in [0, 0.05) is 22.7 Å². The summed E-state index contributed by atoms with van der Waals surface area (Å²) in [6, 6.07) is 16.9. The molecule has 35 heavy (non-hydrogen) atoms. The zero-order chi connectivity index (χ0) is 25.2. The van der Waals surface area contributed by atoms with Gasteiger partial charge in [-0.05, 0) is 23.3 Å². The third-order valence-corrected chi connectivity index (χ3v) is 7.84. The number of carboxylic acids is 1. The molecule has 5 atom stereocenters. The first-order valence-corrected chi connectivity index (χ1v) is 13.5. The second-order valence-electron chi connectivity index (χ2n) is 8.58. The highest BCUT2D eigenvalue weighted by Crippen LogP contribution is 2.69. The van der Waals surface area contributed by atoms with Crippen LogP contribution in [0.15, 0.2) is 71.3 Å². The zero-order valence-corrected chi connectivity index (χ0v) is 21.3. The van der Waals surface area contributed by atoms with E-state index in [0.29, 0.717) is 11.1 Å². The molecule has 5 rings (SSSR count). The van der Waals surface area contributed by atoms with Gasteiger partial charge in [0.15, 0.2) is 11.2 Å². The Labute approximate surface area is 214 Å². The smallest absolute Gasteiger partial charge is 0.310 e. The summed E-state index contributed by atoms with van der Waals surface area (Å²) in [6.07, 6.45) is 0.319. The molecule has 0 amide bonds. The molecule has 1 fully saturated rings. The summed E-state index contributed by atoms with van der Waals surface area (Å²) in [7, 11) is -4.22. The Morgan fingerprint density at radius 3 is 2.43 bits per heavy atom. The summed E-state index contributed by atoms with van der Waals surface area (Å²) in [4.78, 5) is 17.0. The van der Waals surface area contributed by atoms with Gasteiger partial charge in [0.1, 0.15) is 17.5 Å². The minimum atomic E-state index is -4.22. The van der Waals surface area contributed by atoms with Crippen LogP contribution in [0.3, 0.4) is 0 Å². The van der Waals surface area contributed by atoms with Crippen LogP contribution in [0.4, 0.5) is 0 Å². The standard InChI is InChI=1S/C24H19BrClNO7S/c1-35(31,32)34-21-18(22(28)29)19(13-5-3-2-4-6-13)24(14-7-9-15(25)10-8-14)23(21,30)20-17(33-24)11-16(26)12-27-20/h2-12,18-19,21,30H,1H3,(H,28,29)/t18-,19-,21-,23+,24+/m1/s1. The Hall–Kier alpha value is -2.50. The number of aliphatic hydroxyl groups is 1. The number of hydrogen-bond acceptors (Lipinski definition) is 7. The number of aliphatic carboxylic acids is 1. The highest BCUT2D eigenvalue weighted by Gasteiger charge is 2.79. The van der Waals surface area contributed by atoms with E-state index in [-0.39, 0.29) is 16.5 Å². The Balaban J connectivity index is 1.91. The predicted octanol–water partition coefficient (Wildman–Crippen LogP) is 3.82. The molecule has 1 aliphatic carbocycles. The minimum absolute atomic E-state index is 0.0526. The molecular weight excluding hydrogens is 562 g/mol. The molecule has 0 radical (unpaired) electrons. The third-order valence-electron chi connectivity index (χ3n) is 6.55. The van der Waals surface area contributed by atoms with Crippen molar-refractivity contribution in [1.82, 2.24) is 4.98 Å². The average molecular weight is 581 g/mol. The van der Waals surface area contributed by atoms with Crippen molar-refractivity contribution in [3.05, 3.63) is 93.2 Å². The van der Waals surface area contributed by atoms with Crippen LogP contribution in [0.1, 0.15) is 22.7 Å². The number of pyridine rings is 1. The molecule has 2 heterocycles. The van der Waals surface area contributed by atoms with Crippen LogP contribution in [0.2, 0.25) is 5.02 Å². The van der Waals surface area contributed by atoms with E-state index >= 15 is 0 Å². The van der Waals surface area contributed by atoms with E-state index < -0.39 is 45.2 Å². The van der Waals surface area contributed by atoms with Crippen molar-refractivity contribution >= 4 is 43.6 Å². The van der Waals surface area contributed by atoms with Gasteiger partial charge in [0.2, 0.25) is 0 Å². The van der Waals surface area contributed by atoms with Gasteiger partial charge < -0.3 is 14.9 Å². The van der Waals surface area contributed by atoms with Crippen LogP contribution in [-0.4, -0.2) is 41.9 Å². The highest BCUT2D eigenvalue weighted by molar-refractivity contribution is 9.10. The van der Waals surface area contributed by atoms with Gasteiger partial charge in [0.25, 0.3) is 10.1 Å². The summed E-state index contributed by atoms with van der Waals surface area (Å²) in [5.74, 6) is -3.85. The summed E-state index contributed by atoms with van der Waals surface area (Å²) in [6.45, 7) is 0. The van der Waals surface area contributed by atoms with Gasteiger partial charge in [0.05, 0.1) is 17.2 Å². The number of aromatic nitrogens is 1. The molecule has 0 bridgehead atoms. The Kier molecular flexibility index (Phi) is 5.72. The molecule has 182 valence electrons. The van der Waals surface area contributed by atoms with Crippen molar-refractivity contribution in [1.29, 1.82) is 0 Å². The fourth-order valence-corrected chi connectivity index (χ4v) is 6.44. The maximum Gasteiger partial charge on any atom is 0.310 e. The van der Waals surface area contributed by atoms with E-state index in [9.17, 15) is 23.4 Å². The number of fused-ring (bicyclic) bond motifs is 3. The molecule has 11 heteroatoms. The first-order valence-electron chi connectivity index (χ1n) is 10.5. The van der Waals surface area contributed by atoms with Crippen LogP contribution >= 0.6 is 27.5 Å². The first kappa shape index (κ1) is 24.2. The van der Waals surface area contributed by atoms with Crippen molar-refractivity contribution < 1.29 is 32.3 Å². The van der Waals surface area contributed by atoms with Crippen molar-refractivity contribution in [3.8, 4) is 5.75 Å². The maximum atomic E-state index is 12.8. The van der Waals surface area contributed by atoms with Crippen LogP contribution in [0.5, 0.6) is 5.75 Å². The number of rotatable bonds is 5. The van der Waals surface area contributed by atoms with Crippen LogP contribution in [-0.2, 0) is 30.3 Å². The van der Waals surface area contributed by atoms with Gasteiger partial charge in [-0.3, -0.25) is 14.0 Å². The lowest BCUT2D eigenvalue weighted by Crippen LogP contribution is -2.53. The lowest BCUT2D eigenvalue weighted by molar-refractivity contribution is -0.154. The van der Waals surface area contributed by atoms with Gasteiger partial charge >= 0.3 is 5.97 Å². The first-order chi connectivity index (χ1) is 16.5. The fraction of sp³-hybridized carbons (Fsp3) is 0.250. The molecule has 1 aliphatic heterocycles. The van der Waals surface area contributed by atoms with E-state index in [1.807, 2.05) is 0 Å². The molecule has 2 aromatic carbocycles. The third kappa shape index (κ3) is 3.58. The van der Waals surface area contributed by atoms with Crippen molar-refractivity contribution in [2.24, 2.45) is 5.92 Å². The lowest BCUT2D eigenvalue weighted by atomic mass is 9.71. The van der Waals surface area contributed by atoms with Gasteiger partial charge in [-0.25, -0.2) is 0 Å². The number of benzene rings is 2. The van der Waals surface area contributed by atoms with E-state index in [2.05, 4.69) is 20.9 Å². The highest BCUT2D eigenvalue weighted by atomic mass is 79.9. The molecule has 0 spiro atoms. The lowest BCUT2D eigenvalue weighted by Gasteiger charge is -2.40. The van der Waals surface area contributed by atoms with Gasteiger partial charge in [-0.1, -0.05) is 70.0 Å². The van der Waals surface area contributed by atoms with E-state index in [0.717, 1.165) is 10.7 Å². The van der Waals surface area contributed by atoms with E-state index in [1.54, 1.807) is 54.6 Å². The summed E-state index contributed by atoms with van der Waals surface area (Å²) in [5.41, 5.74) is -3.25. The molecule has 1 saturated carbocycles. The van der Waals surface area contributed by atoms with Gasteiger partial charge in [-0.2, -0.15) is 8.42 Å².